The van der Waals surface area contributed by atoms with E-state index in [0.29, 0.717) is 6.04 Å². The highest BCUT2D eigenvalue weighted by atomic mass is 14.9. The smallest absolute Gasteiger partial charge is 0.0535 e. The lowest BCUT2D eigenvalue weighted by Crippen LogP contribution is -2.04. The number of fused-ring (bicyclic) bond motifs is 1. The van der Waals surface area contributed by atoms with Gasteiger partial charge < -0.3 is 0 Å². The van der Waals surface area contributed by atoms with Crippen LogP contribution in [-0.2, 0) is 0 Å². The van der Waals surface area contributed by atoms with Crippen molar-refractivity contribution in [1.82, 2.24) is 0 Å². The van der Waals surface area contributed by atoms with Crippen LogP contribution < -0.4 is 0 Å². The summed E-state index contributed by atoms with van der Waals surface area (Å²) in [5, 5.41) is 0. The van der Waals surface area contributed by atoms with E-state index in [2.05, 4.69) is 30.3 Å². The zero-order valence-corrected chi connectivity index (χ0v) is 8.32. The molecule has 1 fully saturated rings. The number of rotatable bonds is 1. The summed E-state index contributed by atoms with van der Waals surface area (Å²) in [5.41, 5.74) is 2.68. The number of nitrogens with zero attached hydrogens (tertiary/aromatic N) is 1. The molecule has 0 spiro atoms. The second-order valence-electron chi connectivity index (χ2n) is 4.40. The van der Waals surface area contributed by atoms with Gasteiger partial charge in [0, 0.05) is 5.71 Å². The number of benzene rings is 1. The molecular formula is C13H15N. The molecule has 1 aliphatic heterocycles. The molecule has 1 saturated carbocycles. The van der Waals surface area contributed by atoms with Crippen LogP contribution in [0.5, 0.6) is 0 Å². The van der Waals surface area contributed by atoms with E-state index in [4.69, 9.17) is 4.99 Å². The van der Waals surface area contributed by atoms with Crippen molar-refractivity contribution < 1.29 is 0 Å². The van der Waals surface area contributed by atoms with E-state index in [1.807, 2.05) is 0 Å². The molecule has 72 valence electrons. The Hall–Kier alpha value is -1.11. The molecule has 0 radical (unpaired) electrons. The lowest BCUT2D eigenvalue weighted by Gasteiger charge is -2.04. The van der Waals surface area contributed by atoms with Gasteiger partial charge in [0.15, 0.2) is 0 Å². The van der Waals surface area contributed by atoms with Crippen LogP contribution in [0.4, 0.5) is 0 Å². The summed E-state index contributed by atoms with van der Waals surface area (Å²) < 4.78 is 0. The average molecular weight is 185 g/mol. The van der Waals surface area contributed by atoms with E-state index in [1.54, 1.807) is 0 Å². The van der Waals surface area contributed by atoms with Crippen molar-refractivity contribution in [3.63, 3.8) is 0 Å². The minimum absolute atomic E-state index is 0.658. The summed E-state index contributed by atoms with van der Waals surface area (Å²) in [6, 6.07) is 11.3. The van der Waals surface area contributed by atoms with E-state index in [0.717, 1.165) is 5.92 Å². The summed E-state index contributed by atoms with van der Waals surface area (Å²) in [6.45, 7) is 0. The molecule has 1 aromatic carbocycles. The van der Waals surface area contributed by atoms with E-state index >= 15 is 0 Å². The fourth-order valence-corrected chi connectivity index (χ4v) is 2.75. The molecule has 0 amide bonds. The van der Waals surface area contributed by atoms with Crippen molar-refractivity contribution in [1.29, 1.82) is 0 Å². The zero-order valence-electron chi connectivity index (χ0n) is 8.32. The predicted octanol–water partition coefficient (Wildman–Crippen LogP) is 3.05. The van der Waals surface area contributed by atoms with E-state index in [9.17, 15) is 0 Å². The first-order valence-electron chi connectivity index (χ1n) is 5.55. The van der Waals surface area contributed by atoms with Crippen molar-refractivity contribution in [3.8, 4) is 0 Å². The monoisotopic (exact) mass is 185 g/mol. The van der Waals surface area contributed by atoms with Gasteiger partial charge in [-0.05, 0) is 30.7 Å². The van der Waals surface area contributed by atoms with E-state index < -0.39 is 0 Å². The van der Waals surface area contributed by atoms with Crippen molar-refractivity contribution in [2.45, 2.75) is 31.7 Å². The van der Waals surface area contributed by atoms with Gasteiger partial charge in [-0.1, -0.05) is 36.8 Å². The molecule has 0 bridgehead atoms. The van der Waals surface area contributed by atoms with E-state index in [1.165, 1.54) is 37.0 Å². The molecule has 1 aromatic rings. The molecule has 0 aromatic heterocycles. The van der Waals surface area contributed by atoms with Crippen LogP contribution in [0.25, 0.3) is 0 Å². The molecule has 2 unspecified atom stereocenters. The van der Waals surface area contributed by atoms with Crippen molar-refractivity contribution in [3.05, 3.63) is 35.9 Å². The minimum Gasteiger partial charge on any atom is -0.286 e. The first-order chi connectivity index (χ1) is 6.93. The zero-order chi connectivity index (χ0) is 9.38. The summed E-state index contributed by atoms with van der Waals surface area (Å²) in [5.74, 6) is 0.866. The van der Waals surface area contributed by atoms with Gasteiger partial charge in [-0.3, -0.25) is 4.99 Å². The Balaban J connectivity index is 1.88. The van der Waals surface area contributed by atoms with E-state index in [-0.39, 0.29) is 0 Å². The Morgan fingerprint density at radius 2 is 1.93 bits per heavy atom. The largest absolute Gasteiger partial charge is 0.286 e. The molecule has 0 N–H and O–H groups in total. The Morgan fingerprint density at radius 3 is 2.71 bits per heavy atom. The molecular weight excluding hydrogens is 170 g/mol. The average Bonchev–Trinajstić information content (AvgIpc) is 2.78. The molecule has 1 nitrogen and oxygen atoms in total. The van der Waals surface area contributed by atoms with Crippen LogP contribution >= 0.6 is 0 Å². The standard InChI is InChI=1S/C13H15N/c1-2-5-10(6-3-1)13-9-11-7-4-8-12(11)14-13/h1-3,5-6,11-12H,4,7-9H2. The fourth-order valence-electron chi connectivity index (χ4n) is 2.75. The van der Waals surface area contributed by atoms with Crippen molar-refractivity contribution in [2.75, 3.05) is 0 Å². The fraction of sp³-hybridized carbons (Fsp3) is 0.462. The van der Waals surface area contributed by atoms with Gasteiger partial charge in [-0.15, -0.1) is 0 Å². The second kappa shape index (κ2) is 3.23. The summed E-state index contributed by atoms with van der Waals surface area (Å²) in [6.07, 6.45) is 5.32. The maximum Gasteiger partial charge on any atom is 0.0535 e. The first kappa shape index (κ1) is 8.22. The lowest BCUT2D eigenvalue weighted by molar-refractivity contribution is 0.536. The highest BCUT2D eigenvalue weighted by Gasteiger charge is 2.33. The maximum absolute atomic E-state index is 4.84. The lowest BCUT2D eigenvalue weighted by atomic mass is 9.98. The highest BCUT2D eigenvalue weighted by molar-refractivity contribution is 6.02. The number of aliphatic imine (C=N–C) groups is 1. The van der Waals surface area contributed by atoms with Gasteiger partial charge >= 0.3 is 0 Å². The first-order valence-corrected chi connectivity index (χ1v) is 5.55. The normalized spacial score (nSPS) is 30.1. The summed E-state index contributed by atoms with van der Waals surface area (Å²) in [4.78, 5) is 4.84. The van der Waals surface area contributed by atoms with Gasteiger partial charge in [0.05, 0.1) is 6.04 Å². The van der Waals surface area contributed by atoms with Gasteiger partial charge in [0.1, 0.15) is 0 Å². The Labute approximate surface area is 84.9 Å². The Bertz CT molecular complexity index is 353. The third-order valence-electron chi connectivity index (χ3n) is 3.50. The molecule has 0 saturated heterocycles. The van der Waals surface area contributed by atoms with Crippen LogP contribution in [0.2, 0.25) is 0 Å². The van der Waals surface area contributed by atoms with Crippen LogP contribution in [0.15, 0.2) is 35.3 Å². The van der Waals surface area contributed by atoms with Crippen LogP contribution in [0.3, 0.4) is 0 Å². The molecule has 1 heterocycles. The van der Waals surface area contributed by atoms with Gasteiger partial charge in [-0.2, -0.15) is 0 Å². The minimum atomic E-state index is 0.658. The second-order valence-corrected chi connectivity index (χ2v) is 4.40. The topological polar surface area (TPSA) is 12.4 Å². The quantitative estimate of drug-likeness (QED) is 0.637. The molecule has 1 aliphatic carbocycles. The third kappa shape index (κ3) is 1.28. The van der Waals surface area contributed by atoms with Crippen molar-refractivity contribution in [2.24, 2.45) is 10.9 Å². The summed E-state index contributed by atoms with van der Waals surface area (Å²) >= 11 is 0. The maximum atomic E-state index is 4.84. The highest BCUT2D eigenvalue weighted by Crippen LogP contribution is 2.37. The molecule has 3 rings (SSSR count). The molecule has 14 heavy (non-hydrogen) atoms. The molecule has 1 heteroatoms. The van der Waals surface area contributed by atoms with Gasteiger partial charge in [0.25, 0.3) is 0 Å². The SMILES string of the molecule is c1ccc(C2=NC3CCCC3C2)cc1. The van der Waals surface area contributed by atoms with Gasteiger partial charge in [-0.25, -0.2) is 0 Å². The van der Waals surface area contributed by atoms with Crippen molar-refractivity contribution >= 4 is 5.71 Å². The Kier molecular flexibility index (Phi) is 1.90. The summed E-state index contributed by atoms with van der Waals surface area (Å²) in [7, 11) is 0. The van der Waals surface area contributed by atoms with Crippen LogP contribution in [0.1, 0.15) is 31.2 Å². The van der Waals surface area contributed by atoms with Gasteiger partial charge in [0.2, 0.25) is 0 Å². The van der Waals surface area contributed by atoms with Crippen LogP contribution in [0, 0.1) is 5.92 Å². The Morgan fingerprint density at radius 1 is 1.07 bits per heavy atom. The predicted molar refractivity (Wildman–Crippen MR) is 58.7 cm³/mol. The molecule has 2 aliphatic rings. The number of hydrogen-bond donors (Lipinski definition) is 0. The molecule has 2 atom stereocenters. The number of hydrogen-bond acceptors (Lipinski definition) is 1. The van der Waals surface area contributed by atoms with Crippen LogP contribution in [-0.4, -0.2) is 11.8 Å². The third-order valence-corrected chi connectivity index (χ3v) is 3.50.